The molecule has 4 nitrogen and oxygen atoms in total. The quantitative estimate of drug-likeness (QED) is 0.751. The molecule has 84 valence electrons. The zero-order chi connectivity index (χ0) is 11.5. The van der Waals surface area contributed by atoms with E-state index in [9.17, 15) is 9.59 Å². The predicted molar refractivity (Wildman–Crippen MR) is 58.4 cm³/mol. The lowest BCUT2D eigenvalue weighted by atomic mass is 9.90. The van der Waals surface area contributed by atoms with E-state index in [1.54, 1.807) is 7.11 Å². The number of ether oxygens (including phenoxy) is 1. The van der Waals surface area contributed by atoms with E-state index in [2.05, 4.69) is 5.32 Å². The van der Waals surface area contributed by atoms with Crippen molar-refractivity contribution in [1.82, 2.24) is 5.32 Å². The maximum atomic E-state index is 11.7. The van der Waals surface area contributed by atoms with Crippen molar-refractivity contribution in [2.45, 2.75) is 12.3 Å². The van der Waals surface area contributed by atoms with E-state index in [4.69, 9.17) is 4.74 Å². The number of carbonyl (C=O) groups is 2. The van der Waals surface area contributed by atoms with Gasteiger partial charge in [0, 0.05) is 6.54 Å². The maximum absolute atomic E-state index is 11.7. The van der Waals surface area contributed by atoms with Crippen LogP contribution in [0.4, 0.5) is 0 Å². The van der Waals surface area contributed by atoms with E-state index in [1.807, 2.05) is 24.3 Å². The summed E-state index contributed by atoms with van der Waals surface area (Å²) in [7, 11) is 1.60. The van der Waals surface area contributed by atoms with Crippen LogP contribution in [0.5, 0.6) is 5.75 Å². The number of hydrogen-bond donors (Lipinski definition) is 1. The summed E-state index contributed by atoms with van der Waals surface area (Å²) in [5, 5.41) is 2.70. The molecule has 4 heteroatoms. The standard InChI is InChI=1S/C12H13NO3/c1-16-9-4-2-8(3-5-9)10-7-13-12(15)6-11(10)14/h2-5,10H,6-7H2,1H3,(H,13,15). The average Bonchev–Trinajstić information content (AvgIpc) is 2.29. The Balaban J connectivity index is 2.17. The largest absolute Gasteiger partial charge is 0.497 e. The van der Waals surface area contributed by atoms with Gasteiger partial charge in [-0.1, -0.05) is 12.1 Å². The van der Waals surface area contributed by atoms with Crippen LogP contribution in [0.25, 0.3) is 0 Å². The molecule has 0 radical (unpaired) electrons. The van der Waals surface area contributed by atoms with E-state index >= 15 is 0 Å². The van der Waals surface area contributed by atoms with Gasteiger partial charge in [0.25, 0.3) is 0 Å². The molecule has 1 aromatic rings. The van der Waals surface area contributed by atoms with Crippen LogP contribution in [0.15, 0.2) is 24.3 Å². The number of nitrogens with one attached hydrogen (secondary N) is 1. The summed E-state index contributed by atoms with van der Waals surface area (Å²) in [6, 6.07) is 7.36. The van der Waals surface area contributed by atoms with E-state index in [0.717, 1.165) is 11.3 Å². The fourth-order valence-electron chi connectivity index (χ4n) is 1.81. The molecule has 16 heavy (non-hydrogen) atoms. The van der Waals surface area contributed by atoms with Crippen LogP contribution in [-0.4, -0.2) is 25.3 Å². The third kappa shape index (κ3) is 2.05. The minimum Gasteiger partial charge on any atom is -0.497 e. The zero-order valence-corrected chi connectivity index (χ0v) is 9.03. The topological polar surface area (TPSA) is 55.4 Å². The van der Waals surface area contributed by atoms with Gasteiger partial charge >= 0.3 is 0 Å². The van der Waals surface area contributed by atoms with Crippen molar-refractivity contribution in [2.75, 3.05) is 13.7 Å². The third-order valence-electron chi connectivity index (χ3n) is 2.74. The Kier molecular flexibility index (Phi) is 2.90. The highest BCUT2D eigenvalue weighted by Crippen LogP contribution is 2.22. The van der Waals surface area contributed by atoms with Gasteiger partial charge in [0.2, 0.25) is 5.91 Å². The number of rotatable bonds is 2. The second-order valence-corrected chi connectivity index (χ2v) is 3.77. The first-order valence-electron chi connectivity index (χ1n) is 5.14. The van der Waals surface area contributed by atoms with Crippen LogP contribution in [-0.2, 0) is 9.59 Å². The number of hydrogen-bond acceptors (Lipinski definition) is 3. The lowest BCUT2D eigenvalue weighted by molar-refractivity contribution is -0.131. The molecule has 0 spiro atoms. The highest BCUT2D eigenvalue weighted by molar-refractivity contribution is 6.03. The molecule has 1 unspecified atom stereocenters. The Morgan fingerprint density at radius 2 is 1.94 bits per heavy atom. The van der Waals surface area contributed by atoms with Crippen LogP contribution in [0, 0.1) is 0 Å². The van der Waals surface area contributed by atoms with Crippen molar-refractivity contribution in [2.24, 2.45) is 0 Å². The average molecular weight is 219 g/mol. The van der Waals surface area contributed by atoms with Gasteiger partial charge in [-0.25, -0.2) is 0 Å². The van der Waals surface area contributed by atoms with Gasteiger partial charge in [-0.3, -0.25) is 9.59 Å². The Morgan fingerprint density at radius 3 is 2.50 bits per heavy atom. The minimum absolute atomic E-state index is 0.0172. The molecule has 1 aliphatic heterocycles. The third-order valence-corrected chi connectivity index (χ3v) is 2.74. The number of methoxy groups -OCH3 is 1. The van der Waals surface area contributed by atoms with Crippen LogP contribution < -0.4 is 10.1 Å². The summed E-state index contributed by atoms with van der Waals surface area (Å²) in [5.41, 5.74) is 0.922. The molecule has 0 saturated carbocycles. The Labute approximate surface area is 93.6 Å². The monoisotopic (exact) mass is 219 g/mol. The van der Waals surface area contributed by atoms with E-state index < -0.39 is 0 Å². The van der Waals surface area contributed by atoms with Gasteiger partial charge in [-0.2, -0.15) is 0 Å². The summed E-state index contributed by atoms with van der Waals surface area (Å²) in [6.07, 6.45) is -0.0172. The summed E-state index contributed by atoms with van der Waals surface area (Å²) in [6.45, 7) is 0.393. The van der Waals surface area contributed by atoms with Gasteiger partial charge in [0.15, 0.2) is 5.78 Å². The highest BCUT2D eigenvalue weighted by atomic mass is 16.5. The first kappa shape index (κ1) is 10.7. The number of Topliss-reactive ketones (excluding diaryl/α,β-unsaturated/α-hetero) is 1. The zero-order valence-electron chi connectivity index (χ0n) is 9.03. The smallest absolute Gasteiger partial charge is 0.227 e. The fraction of sp³-hybridized carbons (Fsp3) is 0.333. The van der Waals surface area contributed by atoms with Crippen molar-refractivity contribution >= 4 is 11.7 Å². The number of benzene rings is 1. The van der Waals surface area contributed by atoms with Gasteiger partial charge in [0.05, 0.1) is 19.4 Å². The molecule has 1 amide bonds. The normalized spacial score (nSPS) is 20.4. The molecule has 1 heterocycles. The number of ketones is 1. The second-order valence-electron chi connectivity index (χ2n) is 3.77. The van der Waals surface area contributed by atoms with Gasteiger partial charge < -0.3 is 10.1 Å². The highest BCUT2D eigenvalue weighted by Gasteiger charge is 2.27. The number of piperidine rings is 1. The van der Waals surface area contributed by atoms with Crippen molar-refractivity contribution in [3.05, 3.63) is 29.8 Å². The van der Waals surface area contributed by atoms with Crippen LogP contribution in [0.3, 0.4) is 0 Å². The van der Waals surface area contributed by atoms with E-state index in [0.29, 0.717) is 6.54 Å². The molecular formula is C12H13NO3. The molecule has 1 fully saturated rings. The second kappa shape index (κ2) is 4.35. The lowest BCUT2D eigenvalue weighted by Crippen LogP contribution is -2.39. The first-order valence-corrected chi connectivity index (χ1v) is 5.14. The molecule has 1 aliphatic rings. The van der Waals surface area contributed by atoms with E-state index in [-0.39, 0.29) is 24.0 Å². The summed E-state index contributed by atoms with van der Waals surface area (Å²) < 4.78 is 5.05. The van der Waals surface area contributed by atoms with Crippen LogP contribution in [0.2, 0.25) is 0 Å². The van der Waals surface area contributed by atoms with Gasteiger partial charge in [-0.05, 0) is 17.7 Å². The number of carbonyl (C=O) groups excluding carboxylic acids is 2. The Bertz CT molecular complexity index is 411. The minimum atomic E-state index is -0.219. The Morgan fingerprint density at radius 1 is 1.25 bits per heavy atom. The van der Waals surface area contributed by atoms with Crippen molar-refractivity contribution < 1.29 is 14.3 Å². The molecule has 0 bridgehead atoms. The summed E-state index contributed by atoms with van der Waals surface area (Å²) in [4.78, 5) is 22.7. The van der Waals surface area contributed by atoms with Crippen molar-refractivity contribution in [3.8, 4) is 5.75 Å². The maximum Gasteiger partial charge on any atom is 0.227 e. The SMILES string of the molecule is COc1ccc(C2CNC(=O)CC2=O)cc1. The van der Waals surface area contributed by atoms with Gasteiger partial charge in [-0.15, -0.1) is 0 Å². The molecule has 0 aliphatic carbocycles. The summed E-state index contributed by atoms with van der Waals surface area (Å²) in [5.74, 6) is 0.336. The molecule has 2 rings (SSSR count). The van der Waals surface area contributed by atoms with Crippen molar-refractivity contribution in [1.29, 1.82) is 0 Å². The lowest BCUT2D eigenvalue weighted by Gasteiger charge is -2.21. The fourth-order valence-corrected chi connectivity index (χ4v) is 1.81. The first-order chi connectivity index (χ1) is 7.70. The molecule has 0 aromatic heterocycles. The number of amides is 1. The van der Waals surface area contributed by atoms with Gasteiger partial charge in [0.1, 0.15) is 5.75 Å². The molecule has 1 atom stereocenters. The van der Waals surface area contributed by atoms with Crippen LogP contribution >= 0.6 is 0 Å². The Hall–Kier alpha value is -1.84. The van der Waals surface area contributed by atoms with Crippen molar-refractivity contribution in [3.63, 3.8) is 0 Å². The molecular weight excluding hydrogens is 206 g/mol. The molecule has 1 N–H and O–H groups in total. The van der Waals surface area contributed by atoms with Crippen LogP contribution in [0.1, 0.15) is 17.9 Å². The molecule has 1 aromatic carbocycles. The molecule has 1 saturated heterocycles. The predicted octanol–water partition coefficient (Wildman–Crippen LogP) is 0.868. The summed E-state index contributed by atoms with van der Waals surface area (Å²) >= 11 is 0. The van der Waals surface area contributed by atoms with E-state index in [1.165, 1.54) is 0 Å².